The number of methoxy groups -OCH3 is 1. The van der Waals surface area contributed by atoms with Crippen LogP contribution in [0.25, 0.3) is 16.5 Å². The van der Waals surface area contributed by atoms with Gasteiger partial charge >= 0.3 is 0 Å². The smallest absolute Gasteiger partial charge is 0.295 e. The fourth-order valence-corrected chi connectivity index (χ4v) is 5.22. The second-order valence-electron chi connectivity index (χ2n) is 8.84. The number of rotatable bonds is 4. The summed E-state index contributed by atoms with van der Waals surface area (Å²) in [6.07, 6.45) is 4.93. The van der Waals surface area contributed by atoms with Crippen molar-refractivity contribution in [2.75, 3.05) is 7.11 Å². The molecular formula is C28H27NO4. The number of amides is 1. The molecule has 33 heavy (non-hydrogen) atoms. The lowest BCUT2D eigenvalue weighted by atomic mass is 9.90. The summed E-state index contributed by atoms with van der Waals surface area (Å²) in [5.74, 6) is -0.645. The number of ketones is 1. The predicted octanol–water partition coefficient (Wildman–Crippen LogP) is 5.60. The minimum Gasteiger partial charge on any atom is -0.507 e. The van der Waals surface area contributed by atoms with Crippen molar-refractivity contribution in [2.45, 2.75) is 44.2 Å². The largest absolute Gasteiger partial charge is 0.507 e. The summed E-state index contributed by atoms with van der Waals surface area (Å²) < 4.78 is 5.41. The highest BCUT2D eigenvalue weighted by Crippen LogP contribution is 2.43. The molecule has 2 aliphatic rings. The van der Waals surface area contributed by atoms with E-state index in [-0.39, 0.29) is 17.4 Å². The molecule has 3 aromatic rings. The zero-order valence-corrected chi connectivity index (χ0v) is 18.7. The van der Waals surface area contributed by atoms with Gasteiger partial charge in [0.05, 0.1) is 18.7 Å². The Hall–Kier alpha value is -3.60. The van der Waals surface area contributed by atoms with Crippen LogP contribution in [0, 0.1) is 0 Å². The van der Waals surface area contributed by atoms with Crippen molar-refractivity contribution in [3.63, 3.8) is 0 Å². The summed E-state index contributed by atoms with van der Waals surface area (Å²) >= 11 is 0. The molecular weight excluding hydrogens is 414 g/mol. The van der Waals surface area contributed by atoms with Crippen LogP contribution in [0.15, 0.2) is 72.3 Å². The second-order valence-corrected chi connectivity index (χ2v) is 8.84. The van der Waals surface area contributed by atoms with Gasteiger partial charge in [0, 0.05) is 11.6 Å². The van der Waals surface area contributed by atoms with E-state index in [4.69, 9.17) is 4.74 Å². The van der Waals surface area contributed by atoms with Crippen LogP contribution in [-0.4, -0.2) is 34.8 Å². The van der Waals surface area contributed by atoms with Crippen molar-refractivity contribution in [3.8, 4) is 5.75 Å². The molecule has 0 aromatic heterocycles. The highest BCUT2D eigenvalue weighted by atomic mass is 16.5. The van der Waals surface area contributed by atoms with Crippen LogP contribution in [-0.2, 0) is 9.59 Å². The number of Topliss-reactive ketones (excluding diaryl/α,β-unsaturated/α-hetero) is 1. The van der Waals surface area contributed by atoms with Crippen molar-refractivity contribution in [2.24, 2.45) is 0 Å². The maximum absolute atomic E-state index is 13.3. The Morgan fingerprint density at radius 2 is 1.67 bits per heavy atom. The lowest BCUT2D eigenvalue weighted by molar-refractivity contribution is -0.141. The van der Waals surface area contributed by atoms with Crippen molar-refractivity contribution in [3.05, 3.63) is 83.4 Å². The number of likely N-dealkylation sites (tertiary alicyclic amines) is 1. The van der Waals surface area contributed by atoms with Gasteiger partial charge < -0.3 is 14.7 Å². The van der Waals surface area contributed by atoms with Crippen LogP contribution in [0.4, 0.5) is 0 Å². The molecule has 1 unspecified atom stereocenters. The van der Waals surface area contributed by atoms with E-state index in [0.29, 0.717) is 11.3 Å². The quantitative estimate of drug-likeness (QED) is 0.325. The lowest BCUT2D eigenvalue weighted by Gasteiger charge is -2.35. The van der Waals surface area contributed by atoms with Gasteiger partial charge in [-0.15, -0.1) is 0 Å². The molecule has 1 atom stereocenters. The minimum atomic E-state index is -0.644. The van der Waals surface area contributed by atoms with Crippen molar-refractivity contribution < 1.29 is 19.4 Å². The fourth-order valence-electron chi connectivity index (χ4n) is 5.22. The molecule has 1 aliphatic carbocycles. The molecule has 0 spiro atoms. The van der Waals surface area contributed by atoms with E-state index in [1.165, 1.54) is 0 Å². The Labute approximate surface area is 193 Å². The number of hydrogen-bond donors (Lipinski definition) is 1. The minimum absolute atomic E-state index is 0.0201. The SMILES string of the molecule is COc1cccc(C2/C(=C(/O)c3ccc4ccccc4c3)C(=O)C(=O)N2C2CCCCC2)c1. The molecule has 1 aliphatic heterocycles. The highest BCUT2D eigenvalue weighted by molar-refractivity contribution is 6.46. The number of aliphatic hydroxyl groups excluding tert-OH is 1. The van der Waals surface area contributed by atoms with Gasteiger partial charge in [-0.1, -0.05) is 67.8 Å². The zero-order chi connectivity index (χ0) is 22.9. The van der Waals surface area contributed by atoms with Crippen LogP contribution >= 0.6 is 0 Å². The Bertz CT molecular complexity index is 1260. The Morgan fingerprint density at radius 3 is 2.42 bits per heavy atom. The molecule has 1 saturated heterocycles. The average Bonchev–Trinajstić information content (AvgIpc) is 3.14. The maximum Gasteiger partial charge on any atom is 0.295 e. The van der Waals surface area contributed by atoms with Crippen LogP contribution in [0.5, 0.6) is 5.75 Å². The summed E-state index contributed by atoms with van der Waals surface area (Å²) in [5.41, 5.74) is 1.44. The maximum atomic E-state index is 13.3. The van der Waals surface area contributed by atoms with E-state index >= 15 is 0 Å². The predicted molar refractivity (Wildman–Crippen MR) is 128 cm³/mol. The summed E-state index contributed by atoms with van der Waals surface area (Å²) in [7, 11) is 1.59. The fraction of sp³-hybridized carbons (Fsp3) is 0.286. The van der Waals surface area contributed by atoms with Crippen LogP contribution < -0.4 is 4.74 Å². The van der Waals surface area contributed by atoms with E-state index < -0.39 is 17.7 Å². The first kappa shape index (κ1) is 21.3. The average molecular weight is 442 g/mol. The molecule has 2 fully saturated rings. The van der Waals surface area contributed by atoms with Gasteiger partial charge in [0.2, 0.25) is 0 Å². The molecule has 1 N–H and O–H groups in total. The van der Waals surface area contributed by atoms with Crippen molar-refractivity contribution in [1.29, 1.82) is 0 Å². The van der Waals surface area contributed by atoms with E-state index in [1.54, 1.807) is 18.1 Å². The summed E-state index contributed by atoms with van der Waals surface area (Å²) in [6.45, 7) is 0. The number of carbonyl (C=O) groups excluding carboxylic acids is 2. The number of ether oxygens (including phenoxy) is 1. The van der Waals surface area contributed by atoms with Gasteiger partial charge in [-0.25, -0.2) is 0 Å². The number of carbonyl (C=O) groups is 2. The van der Waals surface area contributed by atoms with E-state index in [9.17, 15) is 14.7 Å². The Morgan fingerprint density at radius 1 is 0.909 bits per heavy atom. The summed E-state index contributed by atoms with van der Waals surface area (Å²) in [4.78, 5) is 28.3. The van der Waals surface area contributed by atoms with Gasteiger partial charge in [-0.05, 0) is 47.4 Å². The molecule has 5 heteroatoms. The summed E-state index contributed by atoms with van der Waals surface area (Å²) in [6, 6.07) is 20.2. The first-order chi connectivity index (χ1) is 16.1. The van der Waals surface area contributed by atoms with Crippen LogP contribution in [0.1, 0.15) is 49.3 Å². The molecule has 1 saturated carbocycles. The third-order valence-corrected chi connectivity index (χ3v) is 6.88. The van der Waals surface area contributed by atoms with E-state index in [1.807, 2.05) is 60.7 Å². The Kier molecular flexibility index (Phi) is 5.63. The molecule has 3 aromatic carbocycles. The third-order valence-electron chi connectivity index (χ3n) is 6.88. The second kappa shape index (κ2) is 8.74. The highest BCUT2D eigenvalue weighted by Gasteiger charge is 2.48. The van der Waals surface area contributed by atoms with Crippen molar-refractivity contribution in [1.82, 2.24) is 4.90 Å². The van der Waals surface area contributed by atoms with Gasteiger partial charge in [-0.2, -0.15) is 0 Å². The molecule has 1 amide bonds. The number of benzene rings is 3. The number of aliphatic hydroxyl groups is 1. The first-order valence-electron chi connectivity index (χ1n) is 11.5. The van der Waals surface area contributed by atoms with Gasteiger partial charge in [0.15, 0.2) is 0 Å². The van der Waals surface area contributed by atoms with Gasteiger partial charge in [0.1, 0.15) is 11.5 Å². The number of nitrogens with zero attached hydrogens (tertiary/aromatic N) is 1. The normalized spacial score (nSPS) is 21.0. The molecule has 0 bridgehead atoms. The molecule has 168 valence electrons. The molecule has 5 nitrogen and oxygen atoms in total. The van der Waals surface area contributed by atoms with Crippen molar-refractivity contribution >= 4 is 28.2 Å². The van der Waals surface area contributed by atoms with E-state index in [2.05, 4.69) is 0 Å². The summed E-state index contributed by atoms with van der Waals surface area (Å²) in [5, 5.41) is 13.4. The monoisotopic (exact) mass is 441 g/mol. The van der Waals surface area contributed by atoms with Gasteiger partial charge in [-0.3, -0.25) is 9.59 Å². The van der Waals surface area contributed by atoms with Gasteiger partial charge in [0.25, 0.3) is 11.7 Å². The Balaban J connectivity index is 1.68. The molecule has 5 rings (SSSR count). The lowest BCUT2D eigenvalue weighted by Crippen LogP contribution is -2.40. The number of fused-ring (bicyclic) bond motifs is 1. The zero-order valence-electron chi connectivity index (χ0n) is 18.7. The molecule has 1 heterocycles. The standard InChI is InChI=1S/C28H27NO4/c1-33-23-13-7-10-20(17-23)25-24(27(31)28(32)29(25)22-11-3-2-4-12-22)26(30)21-15-14-18-8-5-6-9-19(18)16-21/h5-10,13-17,22,25,30H,2-4,11-12H2,1H3/b26-24-. The molecule has 0 radical (unpaired) electrons. The van der Waals surface area contributed by atoms with Crippen LogP contribution in [0.2, 0.25) is 0 Å². The van der Waals surface area contributed by atoms with Crippen LogP contribution in [0.3, 0.4) is 0 Å². The third kappa shape index (κ3) is 3.78. The first-order valence-corrected chi connectivity index (χ1v) is 11.5. The number of hydrogen-bond acceptors (Lipinski definition) is 4. The van der Waals surface area contributed by atoms with E-state index in [0.717, 1.165) is 48.4 Å². The topological polar surface area (TPSA) is 66.8 Å².